The summed E-state index contributed by atoms with van der Waals surface area (Å²) in [5, 5.41) is 3.24. The van der Waals surface area contributed by atoms with Gasteiger partial charge in [0.05, 0.1) is 10.5 Å². The second-order valence-electron chi connectivity index (χ2n) is 6.56. The van der Waals surface area contributed by atoms with E-state index in [1.54, 1.807) is 0 Å². The van der Waals surface area contributed by atoms with Crippen molar-refractivity contribution in [3.63, 3.8) is 0 Å². The van der Waals surface area contributed by atoms with Crippen LogP contribution in [-0.2, 0) is 4.79 Å². The molecule has 0 spiro atoms. The second kappa shape index (κ2) is 8.72. The minimum Gasteiger partial charge on any atom is -0.391 e. The van der Waals surface area contributed by atoms with Crippen molar-refractivity contribution < 1.29 is 4.79 Å². The number of nitrogens with one attached hydrogen (secondary N) is 1. The average molecular weight is 313 g/mol. The minimum absolute atomic E-state index is 0.107. The summed E-state index contributed by atoms with van der Waals surface area (Å²) in [4.78, 5) is 13.1. The van der Waals surface area contributed by atoms with Crippen LogP contribution in [0.1, 0.15) is 78.6 Å². The molecule has 0 saturated heterocycles. The van der Waals surface area contributed by atoms with E-state index in [-0.39, 0.29) is 11.8 Å². The normalized spacial score (nSPS) is 25.8. The van der Waals surface area contributed by atoms with Crippen LogP contribution < -0.4 is 11.1 Å². The van der Waals surface area contributed by atoms with Crippen LogP contribution in [0.15, 0.2) is 0 Å². The molecule has 3 N–H and O–H groups in total. The summed E-state index contributed by atoms with van der Waals surface area (Å²) in [5.41, 5.74) is 5.57. The summed E-state index contributed by atoms with van der Waals surface area (Å²) in [6, 6.07) is 0. The summed E-state index contributed by atoms with van der Waals surface area (Å²) in [6.45, 7) is 6.49. The smallest absolute Gasteiger partial charge is 0.223 e. The van der Waals surface area contributed by atoms with Crippen molar-refractivity contribution in [2.75, 3.05) is 0 Å². The fourth-order valence-corrected chi connectivity index (χ4v) is 3.71. The molecule has 0 unspecified atom stereocenters. The molecule has 1 amide bonds. The van der Waals surface area contributed by atoms with Crippen molar-refractivity contribution in [3.05, 3.63) is 0 Å². The Morgan fingerprint density at radius 2 is 1.76 bits per heavy atom. The van der Waals surface area contributed by atoms with Crippen LogP contribution >= 0.6 is 12.2 Å². The number of hydrogen-bond acceptors (Lipinski definition) is 2. The molecule has 0 aromatic rings. The first-order valence-electron chi connectivity index (χ1n) is 8.61. The highest BCUT2D eigenvalue weighted by molar-refractivity contribution is 7.80. The van der Waals surface area contributed by atoms with Gasteiger partial charge in [-0.25, -0.2) is 0 Å². The largest absolute Gasteiger partial charge is 0.391 e. The van der Waals surface area contributed by atoms with Crippen molar-refractivity contribution in [1.29, 1.82) is 0 Å². The van der Waals surface area contributed by atoms with Gasteiger partial charge in [-0.3, -0.25) is 4.79 Å². The lowest BCUT2D eigenvalue weighted by Gasteiger charge is -2.40. The topological polar surface area (TPSA) is 55.1 Å². The maximum Gasteiger partial charge on any atom is 0.223 e. The Labute approximate surface area is 135 Å². The van der Waals surface area contributed by atoms with Crippen molar-refractivity contribution in [2.45, 2.75) is 84.1 Å². The molecule has 0 aliphatic heterocycles. The Morgan fingerprint density at radius 1 is 1.24 bits per heavy atom. The summed E-state index contributed by atoms with van der Waals surface area (Å²) in [7, 11) is 0. The molecule has 1 fully saturated rings. The standard InChI is InChI=1S/C17H32N2OS/c1-4-7-14(8-5-2)15(20)19-17(16(18)21)11-9-13(6-3)10-12-17/h13-14H,4-12H2,1-3H3,(H2,18,21)(H,19,20). The highest BCUT2D eigenvalue weighted by Gasteiger charge is 2.39. The highest BCUT2D eigenvalue weighted by Crippen LogP contribution is 2.34. The molecule has 4 heteroatoms. The molecule has 122 valence electrons. The van der Waals surface area contributed by atoms with E-state index in [1.165, 1.54) is 6.42 Å². The number of carbonyl (C=O) groups excluding carboxylic acids is 1. The lowest BCUT2D eigenvalue weighted by molar-refractivity contribution is -0.127. The highest BCUT2D eigenvalue weighted by atomic mass is 32.1. The molecule has 0 atom stereocenters. The zero-order chi connectivity index (χ0) is 15.9. The summed E-state index contributed by atoms with van der Waals surface area (Å²) in [6.07, 6.45) is 9.20. The molecule has 0 bridgehead atoms. The fraction of sp³-hybridized carbons (Fsp3) is 0.882. The minimum atomic E-state index is -0.433. The Morgan fingerprint density at radius 3 is 2.14 bits per heavy atom. The van der Waals surface area contributed by atoms with Gasteiger partial charge in [0.2, 0.25) is 5.91 Å². The molecule has 21 heavy (non-hydrogen) atoms. The van der Waals surface area contributed by atoms with Crippen molar-refractivity contribution in [3.8, 4) is 0 Å². The molecule has 0 heterocycles. The summed E-state index contributed by atoms with van der Waals surface area (Å²) < 4.78 is 0. The van der Waals surface area contributed by atoms with E-state index in [1.807, 2.05) is 0 Å². The van der Waals surface area contributed by atoms with E-state index in [9.17, 15) is 4.79 Å². The van der Waals surface area contributed by atoms with E-state index in [0.717, 1.165) is 57.3 Å². The Kier molecular flexibility index (Phi) is 7.64. The Bertz CT molecular complexity index is 343. The molecule has 0 aromatic heterocycles. The number of rotatable bonds is 8. The Balaban J connectivity index is 2.74. The third kappa shape index (κ3) is 4.94. The summed E-state index contributed by atoms with van der Waals surface area (Å²) in [5.74, 6) is 1.02. The first kappa shape index (κ1) is 18.4. The number of hydrogen-bond donors (Lipinski definition) is 2. The molecule has 1 aliphatic rings. The van der Waals surface area contributed by atoms with Crippen LogP contribution in [0.2, 0.25) is 0 Å². The van der Waals surface area contributed by atoms with E-state index < -0.39 is 5.54 Å². The molecule has 0 aromatic carbocycles. The molecule has 1 rings (SSSR count). The van der Waals surface area contributed by atoms with Gasteiger partial charge in [0.25, 0.3) is 0 Å². The second-order valence-corrected chi connectivity index (χ2v) is 7.00. The van der Waals surface area contributed by atoms with Gasteiger partial charge in [0.1, 0.15) is 0 Å². The van der Waals surface area contributed by atoms with Crippen molar-refractivity contribution in [2.24, 2.45) is 17.6 Å². The van der Waals surface area contributed by atoms with Gasteiger partial charge in [-0.1, -0.05) is 52.3 Å². The van der Waals surface area contributed by atoms with Crippen LogP contribution in [0, 0.1) is 11.8 Å². The lowest BCUT2D eigenvalue weighted by atomic mass is 9.75. The molecule has 1 saturated carbocycles. The number of amides is 1. The van der Waals surface area contributed by atoms with E-state index in [4.69, 9.17) is 18.0 Å². The maximum absolute atomic E-state index is 12.6. The van der Waals surface area contributed by atoms with Gasteiger partial charge >= 0.3 is 0 Å². The van der Waals surface area contributed by atoms with Gasteiger partial charge in [-0.05, 0) is 44.4 Å². The van der Waals surface area contributed by atoms with Crippen LogP contribution in [0.3, 0.4) is 0 Å². The number of carbonyl (C=O) groups is 1. The quantitative estimate of drug-likeness (QED) is 0.667. The maximum atomic E-state index is 12.6. The fourth-order valence-electron chi connectivity index (χ4n) is 3.45. The van der Waals surface area contributed by atoms with Gasteiger partial charge in [0.15, 0.2) is 0 Å². The predicted molar refractivity (Wildman–Crippen MR) is 93.2 cm³/mol. The van der Waals surface area contributed by atoms with Gasteiger partial charge in [-0.2, -0.15) is 0 Å². The van der Waals surface area contributed by atoms with E-state index in [0.29, 0.717) is 4.99 Å². The third-order valence-corrected chi connectivity index (χ3v) is 5.41. The van der Waals surface area contributed by atoms with Gasteiger partial charge < -0.3 is 11.1 Å². The average Bonchev–Trinajstić information content (AvgIpc) is 2.47. The first-order chi connectivity index (χ1) is 9.99. The summed E-state index contributed by atoms with van der Waals surface area (Å²) >= 11 is 5.30. The third-order valence-electron chi connectivity index (χ3n) is 5.02. The number of nitrogens with two attached hydrogens (primary N) is 1. The molecule has 3 nitrogen and oxygen atoms in total. The number of thiocarbonyl (C=S) groups is 1. The van der Waals surface area contributed by atoms with E-state index >= 15 is 0 Å². The first-order valence-corrected chi connectivity index (χ1v) is 9.01. The van der Waals surface area contributed by atoms with Crippen LogP contribution in [-0.4, -0.2) is 16.4 Å². The SMILES string of the molecule is CCCC(CCC)C(=O)NC1(C(N)=S)CCC(CC)CC1. The van der Waals surface area contributed by atoms with Crippen LogP contribution in [0.5, 0.6) is 0 Å². The molecule has 0 radical (unpaired) electrons. The van der Waals surface area contributed by atoms with Crippen LogP contribution in [0.25, 0.3) is 0 Å². The van der Waals surface area contributed by atoms with Crippen LogP contribution in [0.4, 0.5) is 0 Å². The van der Waals surface area contributed by atoms with Crippen molar-refractivity contribution >= 4 is 23.1 Å². The van der Waals surface area contributed by atoms with E-state index in [2.05, 4.69) is 26.1 Å². The monoisotopic (exact) mass is 312 g/mol. The molecule has 1 aliphatic carbocycles. The zero-order valence-electron chi connectivity index (χ0n) is 13.9. The van der Waals surface area contributed by atoms with Crippen molar-refractivity contribution in [1.82, 2.24) is 5.32 Å². The van der Waals surface area contributed by atoms with Gasteiger partial charge in [-0.15, -0.1) is 0 Å². The lowest BCUT2D eigenvalue weighted by Crippen LogP contribution is -2.59. The molecular formula is C17H32N2OS. The van der Waals surface area contributed by atoms with Gasteiger partial charge in [0, 0.05) is 5.92 Å². The Hall–Kier alpha value is -0.640. The zero-order valence-corrected chi connectivity index (χ0v) is 14.7. The predicted octanol–water partition coefficient (Wildman–Crippen LogP) is 3.94. The molecular weight excluding hydrogens is 280 g/mol.